The fourth-order valence-electron chi connectivity index (χ4n) is 2.76. The van der Waals surface area contributed by atoms with Gasteiger partial charge >= 0.3 is 0 Å². The van der Waals surface area contributed by atoms with Gasteiger partial charge in [0.2, 0.25) is 0 Å². The number of hydrogen-bond donors (Lipinski definition) is 1. The molecule has 0 spiro atoms. The molecule has 0 fully saturated rings. The van der Waals surface area contributed by atoms with E-state index in [4.69, 9.17) is 27.9 Å². The maximum absolute atomic E-state index is 6.17. The number of rotatable bonds is 11. The summed E-state index contributed by atoms with van der Waals surface area (Å²) < 4.78 is 6.00. The summed E-state index contributed by atoms with van der Waals surface area (Å²) in [6.45, 7) is 9.96. The predicted molar refractivity (Wildman–Crippen MR) is 126 cm³/mol. The van der Waals surface area contributed by atoms with Gasteiger partial charge in [-0.25, -0.2) is 0 Å². The van der Waals surface area contributed by atoms with Crippen molar-refractivity contribution in [2.24, 2.45) is 0 Å². The van der Waals surface area contributed by atoms with Crippen molar-refractivity contribution in [3.8, 4) is 5.75 Å². The highest BCUT2D eigenvalue weighted by atomic mass is 35.5. The van der Waals surface area contributed by atoms with E-state index in [1.165, 1.54) is 0 Å². The van der Waals surface area contributed by atoms with Crippen molar-refractivity contribution in [3.63, 3.8) is 0 Å². The van der Waals surface area contributed by atoms with Gasteiger partial charge in [0.15, 0.2) is 0 Å². The Hall–Kier alpha value is -0.680. The van der Waals surface area contributed by atoms with Crippen LogP contribution in [0, 0.1) is 0 Å². The molecule has 0 atom stereocenters. The molecule has 0 heterocycles. The summed E-state index contributed by atoms with van der Waals surface area (Å²) in [5, 5.41) is 4.95. The van der Waals surface area contributed by atoms with E-state index in [2.05, 4.69) is 24.1 Å². The largest absolute Gasteiger partial charge is 0.489 e. The summed E-state index contributed by atoms with van der Waals surface area (Å²) in [6, 6.07) is 13.5. The van der Waals surface area contributed by atoms with E-state index in [9.17, 15) is 0 Å². The molecule has 0 unspecified atom stereocenters. The third kappa shape index (κ3) is 9.69. The monoisotopic (exact) mass is 466 g/mol. The van der Waals surface area contributed by atoms with E-state index in [1.54, 1.807) is 0 Å². The van der Waals surface area contributed by atoms with Gasteiger partial charge in [-0.15, -0.1) is 24.8 Å². The third-order valence-electron chi connectivity index (χ3n) is 4.37. The Morgan fingerprint density at radius 3 is 2.21 bits per heavy atom. The highest BCUT2D eigenvalue weighted by Gasteiger charge is 2.06. The molecule has 0 aliphatic heterocycles. The first-order valence-corrected chi connectivity index (χ1v) is 9.96. The van der Waals surface area contributed by atoms with Crippen LogP contribution < -0.4 is 10.1 Å². The standard InChI is InChI=1S/C21H28Cl2N2O.2ClH/c1-3-25(4-2)13-5-12-24-15-18-14-20(23)10-11-21(18)26-16-17-6-8-19(22)9-7-17;;/h6-11,14,24H,3-5,12-13,15-16H2,1-2H3;2*1H. The van der Waals surface area contributed by atoms with Gasteiger partial charge in [0.25, 0.3) is 0 Å². The van der Waals surface area contributed by atoms with E-state index in [0.717, 1.165) is 66.1 Å². The highest BCUT2D eigenvalue weighted by molar-refractivity contribution is 6.30. The Bertz CT molecular complexity index is 664. The minimum Gasteiger partial charge on any atom is -0.489 e. The lowest BCUT2D eigenvalue weighted by Crippen LogP contribution is -2.27. The second-order valence-electron chi connectivity index (χ2n) is 6.22. The van der Waals surface area contributed by atoms with Crippen molar-refractivity contribution in [1.29, 1.82) is 0 Å². The number of nitrogens with one attached hydrogen (secondary N) is 1. The lowest BCUT2D eigenvalue weighted by molar-refractivity contribution is 0.295. The highest BCUT2D eigenvalue weighted by Crippen LogP contribution is 2.24. The maximum Gasteiger partial charge on any atom is 0.124 e. The smallest absolute Gasteiger partial charge is 0.124 e. The molecule has 0 saturated carbocycles. The fraction of sp³-hybridized carbons (Fsp3) is 0.429. The molecule has 158 valence electrons. The summed E-state index contributed by atoms with van der Waals surface area (Å²) in [6.07, 6.45) is 1.13. The second-order valence-corrected chi connectivity index (χ2v) is 7.10. The minimum absolute atomic E-state index is 0. The van der Waals surface area contributed by atoms with Crippen molar-refractivity contribution in [1.82, 2.24) is 10.2 Å². The van der Waals surface area contributed by atoms with Crippen LogP contribution in [0.5, 0.6) is 5.75 Å². The SMILES string of the molecule is CCN(CC)CCCNCc1cc(Cl)ccc1OCc1ccc(Cl)cc1.Cl.Cl. The van der Waals surface area contributed by atoms with Gasteiger partial charge in [-0.1, -0.05) is 49.2 Å². The van der Waals surface area contributed by atoms with Crippen LogP contribution in [0.2, 0.25) is 10.0 Å². The molecule has 0 radical (unpaired) electrons. The molecule has 0 aliphatic carbocycles. The zero-order chi connectivity index (χ0) is 18.8. The van der Waals surface area contributed by atoms with E-state index in [0.29, 0.717) is 6.61 Å². The first-order valence-electron chi connectivity index (χ1n) is 9.21. The molecule has 28 heavy (non-hydrogen) atoms. The molecular formula is C21H30Cl4N2O. The first-order chi connectivity index (χ1) is 12.6. The lowest BCUT2D eigenvalue weighted by atomic mass is 10.2. The van der Waals surface area contributed by atoms with Crippen LogP contribution in [0.4, 0.5) is 0 Å². The van der Waals surface area contributed by atoms with E-state index >= 15 is 0 Å². The Morgan fingerprint density at radius 2 is 1.57 bits per heavy atom. The molecule has 2 aromatic rings. The molecule has 0 amide bonds. The number of nitrogens with zero attached hydrogens (tertiary/aromatic N) is 1. The summed E-state index contributed by atoms with van der Waals surface area (Å²) in [4.78, 5) is 2.43. The number of benzene rings is 2. The molecule has 2 aromatic carbocycles. The van der Waals surface area contributed by atoms with Gasteiger partial charge in [0, 0.05) is 22.2 Å². The van der Waals surface area contributed by atoms with Crippen LogP contribution in [0.25, 0.3) is 0 Å². The Kier molecular flexibility index (Phi) is 14.8. The summed E-state index contributed by atoms with van der Waals surface area (Å²) in [5.41, 5.74) is 2.16. The van der Waals surface area contributed by atoms with Crippen molar-refractivity contribution in [2.75, 3.05) is 26.2 Å². The van der Waals surface area contributed by atoms with Crippen LogP contribution >= 0.6 is 48.0 Å². The number of hydrogen-bond acceptors (Lipinski definition) is 3. The van der Waals surface area contributed by atoms with Gasteiger partial charge in [-0.2, -0.15) is 0 Å². The molecule has 0 saturated heterocycles. The Morgan fingerprint density at radius 1 is 0.929 bits per heavy atom. The second kappa shape index (κ2) is 15.2. The Labute approximate surface area is 191 Å². The summed E-state index contributed by atoms with van der Waals surface area (Å²) in [7, 11) is 0. The average molecular weight is 468 g/mol. The van der Waals surface area contributed by atoms with Gasteiger partial charge in [-0.05, 0) is 68.5 Å². The lowest BCUT2D eigenvalue weighted by Gasteiger charge is -2.18. The molecule has 3 nitrogen and oxygen atoms in total. The molecule has 0 aliphatic rings. The van der Waals surface area contributed by atoms with Crippen LogP contribution in [0.1, 0.15) is 31.4 Å². The maximum atomic E-state index is 6.17. The number of halogens is 4. The van der Waals surface area contributed by atoms with Crippen LogP contribution in [-0.2, 0) is 13.2 Å². The minimum atomic E-state index is 0. The molecular weight excluding hydrogens is 438 g/mol. The molecule has 2 rings (SSSR count). The molecule has 0 aromatic heterocycles. The van der Waals surface area contributed by atoms with Gasteiger partial charge < -0.3 is 15.0 Å². The van der Waals surface area contributed by atoms with Gasteiger partial charge in [-0.3, -0.25) is 0 Å². The topological polar surface area (TPSA) is 24.5 Å². The zero-order valence-electron chi connectivity index (χ0n) is 16.4. The van der Waals surface area contributed by atoms with Crippen molar-refractivity contribution < 1.29 is 4.74 Å². The predicted octanol–water partition coefficient (Wildman–Crippen LogP) is 6.24. The number of ether oxygens (including phenoxy) is 1. The van der Waals surface area contributed by atoms with E-state index < -0.39 is 0 Å². The van der Waals surface area contributed by atoms with Crippen molar-refractivity contribution in [2.45, 2.75) is 33.4 Å². The summed E-state index contributed by atoms with van der Waals surface area (Å²) in [5.74, 6) is 0.862. The van der Waals surface area contributed by atoms with Crippen LogP contribution in [-0.4, -0.2) is 31.1 Å². The van der Waals surface area contributed by atoms with Gasteiger partial charge in [0.1, 0.15) is 12.4 Å². The van der Waals surface area contributed by atoms with Crippen LogP contribution in [0.15, 0.2) is 42.5 Å². The Balaban J connectivity index is 0.00000364. The van der Waals surface area contributed by atoms with E-state index in [-0.39, 0.29) is 24.8 Å². The average Bonchev–Trinajstić information content (AvgIpc) is 2.65. The first kappa shape index (κ1) is 27.3. The quantitative estimate of drug-likeness (QED) is 0.396. The van der Waals surface area contributed by atoms with Gasteiger partial charge in [0.05, 0.1) is 0 Å². The van der Waals surface area contributed by atoms with Crippen molar-refractivity contribution in [3.05, 3.63) is 63.6 Å². The van der Waals surface area contributed by atoms with Crippen LogP contribution in [0.3, 0.4) is 0 Å². The molecule has 1 N–H and O–H groups in total. The molecule has 0 bridgehead atoms. The third-order valence-corrected chi connectivity index (χ3v) is 4.85. The normalized spacial score (nSPS) is 10.3. The van der Waals surface area contributed by atoms with E-state index in [1.807, 2.05) is 42.5 Å². The summed E-state index contributed by atoms with van der Waals surface area (Å²) >= 11 is 12.1. The zero-order valence-corrected chi connectivity index (χ0v) is 19.6. The van der Waals surface area contributed by atoms with Crippen molar-refractivity contribution >= 4 is 48.0 Å². The fourth-order valence-corrected chi connectivity index (χ4v) is 3.08. The molecule has 7 heteroatoms.